The first-order valence-electron chi connectivity index (χ1n) is 4.83. The molecular weight excluding hydrogens is 230 g/mol. The number of hydrogen-bond acceptors (Lipinski definition) is 4. The van der Waals surface area contributed by atoms with Crippen molar-refractivity contribution in [3.63, 3.8) is 0 Å². The van der Waals surface area contributed by atoms with E-state index in [4.69, 9.17) is 17.3 Å². The van der Waals surface area contributed by atoms with Crippen LogP contribution in [0, 0.1) is 0 Å². The molecule has 0 spiro atoms. The van der Waals surface area contributed by atoms with Gasteiger partial charge in [0.05, 0.1) is 10.7 Å². The SMILES string of the molecule is CCC(CSC)Nc1ncc(Cl)cc1N. The summed E-state index contributed by atoms with van der Waals surface area (Å²) in [6.45, 7) is 2.14. The van der Waals surface area contributed by atoms with Gasteiger partial charge in [-0.1, -0.05) is 18.5 Å². The number of rotatable bonds is 5. The van der Waals surface area contributed by atoms with Gasteiger partial charge in [0.2, 0.25) is 0 Å². The maximum absolute atomic E-state index is 5.80. The van der Waals surface area contributed by atoms with Gasteiger partial charge in [-0.15, -0.1) is 0 Å². The van der Waals surface area contributed by atoms with Crippen LogP contribution >= 0.6 is 23.4 Å². The fourth-order valence-electron chi connectivity index (χ4n) is 1.23. The van der Waals surface area contributed by atoms with E-state index in [-0.39, 0.29) is 0 Å². The van der Waals surface area contributed by atoms with Gasteiger partial charge in [-0.2, -0.15) is 11.8 Å². The monoisotopic (exact) mass is 245 g/mol. The van der Waals surface area contributed by atoms with Crippen molar-refractivity contribution in [2.24, 2.45) is 0 Å². The number of anilines is 2. The number of nitrogens with two attached hydrogens (primary N) is 1. The molecule has 15 heavy (non-hydrogen) atoms. The van der Waals surface area contributed by atoms with Gasteiger partial charge < -0.3 is 11.1 Å². The van der Waals surface area contributed by atoms with E-state index in [9.17, 15) is 0 Å². The minimum absolute atomic E-state index is 0.399. The van der Waals surface area contributed by atoms with E-state index in [1.54, 1.807) is 24.0 Å². The number of thioether (sulfide) groups is 1. The average molecular weight is 246 g/mol. The van der Waals surface area contributed by atoms with E-state index in [1.165, 1.54) is 0 Å². The van der Waals surface area contributed by atoms with Crippen LogP contribution in [0.25, 0.3) is 0 Å². The lowest BCUT2D eigenvalue weighted by atomic mass is 10.2. The summed E-state index contributed by atoms with van der Waals surface area (Å²) in [6, 6.07) is 2.11. The lowest BCUT2D eigenvalue weighted by Gasteiger charge is -2.17. The molecule has 0 aliphatic rings. The topological polar surface area (TPSA) is 50.9 Å². The molecule has 0 aliphatic carbocycles. The third-order valence-electron chi connectivity index (χ3n) is 2.09. The van der Waals surface area contributed by atoms with Gasteiger partial charge in [-0.25, -0.2) is 4.98 Å². The van der Waals surface area contributed by atoms with Gasteiger partial charge in [-0.05, 0) is 18.7 Å². The highest BCUT2D eigenvalue weighted by atomic mass is 35.5. The second-order valence-electron chi connectivity index (χ2n) is 3.30. The van der Waals surface area contributed by atoms with E-state index >= 15 is 0 Å². The van der Waals surface area contributed by atoms with Crippen LogP contribution in [-0.2, 0) is 0 Å². The maximum atomic E-state index is 5.80. The molecular formula is C10H16ClN3S. The van der Waals surface area contributed by atoms with Gasteiger partial charge in [0.1, 0.15) is 5.82 Å². The fourth-order valence-corrected chi connectivity index (χ4v) is 2.12. The van der Waals surface area contributed by atoms with Gasteiger partial charge in [-0.3, -0.25) is 0 Å². The van der Waals surface area contributed by atoms with E-state index < -0.39 is 0 Å². The van der Waals surface area contributed by atoms with E-state index in [2.05, 4.69) is 23.5 Å². The fraction of sp³-hybridized carbons (Fsp3) is 0.500. The Morgan fingerprint density at radius 2 is 2.40 bits per heavy atom. The van der Waals surface area contributed by atoms with Crippen LogP contribution in [0.3, 0.4) is 0 Å². The van der Waals surface area contributed by atoms with E-state index in [0.717, 1.165) is 18.0 Å². The van der Waals surface area contributed by atoms with Gasteiger partial charge in [0.15, 0.2) is 0 Å². The molecule has 0 aromatic carbocycles. The summed E-state index contributed by atoms with van der Waals surface area (Å²) in [5.74, 6) is 1.76. The summed E-state index contributed by atoms with van der Waals surface area (Å²) < 4.78 is 0. The Morgan fingerprint density at radius 1 is 1.67 bits per heavy atom. The molecule has 5 heteroatoms. The Labute approximate surface area is 99.8 Å². The number of nitrogens with one attached hydrogen (secondary N) is 1. The Balaban J connectivity index is 2.70. The van der Waals surface area contributed by atoms with Crippen LogP contribution in [0.5, 0.6) is 0 Å². The van der Waals surface area contributed by atoms with Crippen LogP contribution in [0.2, 0.25) is 5.02 Å². The zero-order chi connectivity index (χ0) is 11.3. The third kappa shape index (κ3) is 3.80. The zero-order valence-electron chi connectivity index (χ0n) is 8.96. The molecule has 0 aliphatic heterocycles. The van der Waals surface area contributed by atoms with E-state index in [1.807, 2.05) is 0 Å². The highest BCUT2D eigenvalue weighted by Gasteiger charge is 2.08. The normalized spacial score (nSPS) is 12.5. The summed E-state index contributed by atoms with van der Waals surface area (Å²) in [6.07, 6.45) is 4.74. The first-order valence-corrected chi connectivity index (χ1v) is 6.61. The first kappa shape index (κ1) is 12.5. The smallest absolute Gasteiger partial charge is 0.149 e. The standard InChI is InChI=1S/C10H16ClN3S/c1-3-8(6-15-2)14-10-9(12)4-7(11)5-13-10/h4-5,8H,3,6,12H2,1-2H3,(H,13,14). The molecule has 0 bridgehead atoms. The van der Waals surface area contributed by atoms with Crippen molar-refractivity contribution in [1.29, 1.82) is 0 Å². The van der Waals surface area contributed by atoms with Crippen molar-refractivity contribution in [3.05, 3.63) is 17.3 Å². The minimum Gasteiger partial charge on any atom is -0.396 e. The maximum Gasteiger partial charge on any atom is 0.149 e. The number of nitrogen functional groups attached to an aromatic ring is 1. The number of pyridine rings is 1. The van der Waals surface area contributed by atoms with Crippen molar-refractivity contribution in [3.8, 4) is 0 Å². The second-order valence-corrected chi connectivity index (χ2v) is 4.64. The molecule has 0 saturated heterocycles. The van der Waals surface area contributed by atoms with Crippen LogP contribution in [0.15, 0.2) is 12.3 Å². The quantitative estimate of drug-likeness (QED) is 0.838. The number of hydrogen-bond donors (Lipinski definition) is 2. The summed E-state index contributed by atoms with van der Waals surface area (Å²) >= 11 is 7.58. The molecule has 0 saturated carbocycles. The Hall–Kier alpha value is -0.610. The van der Waals surface area contributed by atoms with Crippen LogP contribution in [-0.4, -0.2) is 23.0 Å². The Bertz CT molecular complexity index is 320. The lowest BCUT2D eigenvalue weighted by molar-refractivity contribution is 0.770. The van der Waals surface area contributed by atoms with Crippen molar-refractivity contribution in [1.82, 2.24) is 4.98 Å². The predicted molar refractivity (Wildman–Crippen MR) is 69.7 cm³/mol. The van der Waals surface area contributed by atoms with Crippen LogP contribution in [0.4, 0.5) is 11.5 Å². The van der Waals surface area contributed by atoms with Crippen molar-refractivity contribution < 1.29 is 0 Å². The summed E-state index contributed by atoms with van der Waals surface area (Å²) in [5.41, 5.74) is 6.40. The second kappa shape index (κ2) is 6.08. The summed E-state index contributed by atoms with van der Waals surface area (Å²) in [7, 11) is 0. The molecule has 1 heterocycles. The highest BCUT2D eigenvalue weighted by molar-refractivity contribution is 7.98. The van der Waals surface area contributed by atoms with E-state index in [0.29, 0.717) is 16.8 Å². The van der Waals surface area contributed by atoms with Gasteiger partial charge in [0.25, 0.3) is 0 Å². The number of nitrogens with zero attached hydrogens (tertiary/aromatic N) is 1. The molecule has 1 rings (SSSR count). The lowest BCUT2D eigenvalue weighted by Crippen LogP contribution is -2.22. The number of aromatic nitrogens is 1. The molecule has 3 nitrogen and oxygen atoms in total. The van der Waals surface area contributed by atoms with Crippen LogP contribution < -0.4 is 11.1 Å². The highest BCUT2D eigenvalue weighted by Crippen LogP contribution is 2.21. The molecule has 1 aromatic rings. The molecule has 1 aromatic heterocycles. The summed E-state index contributed by atoms with van der Waals surface area (Å²) in [5, 5.41) is 3.88. The molecule has 0 radical (unpaired) electrons. The molecule has 0 amide bonds. The van der Waals surface area contributed by atoms with Crippen molar-refractivity contribution >= 4 is 34.9 Å². The Morgan fingerprint density at radius 3 is 2.93 bits per heavy atom. The summed E-state index contributed by atoms with van der Waals surface area (Å²) in [4.78, 5) is 4.17. The van der Waals surface area contributed by atoms with Crippen molar-refractivity contribution in [2.45, 2.75) is 19.4 Å². The molecule has 1 unspecified atom stereocenters. The minimum atomic E-state index is 0.399. The molecule has 84 valence electrons. The largest absolute Gasteiger partial charge is 0.396 e. The predicted octanol–water partition coefficient (Wildman–Crippen LogP) is 2.87. The van der Waals surface area contributed by atoms with Gasteiger partial charge in [0, 0.05) is 18.0 Å². The molecule has 1 atom stereocenters. The molecule has 3 N–H and O–H groups in total. The average Bonchev–Trinajstić information content (AvgIpc) is 2.21. The van der Waals surface area contributed by atoms with Crippen LogP contribution in [0.1, 0.15) is 13.3 Å². The first-order chi connectivity index (χ1) is 7.17. The van der Waals surface area contributed by atoms with Crippen molar-refractivity contribution in [2.75, 3.05) is 23.1 Å². The third-order valence-corrected chi connectivity index (χ3v) is 3.03. The molecule has 0 fully saturated rings. The van der Waals surface area contributed by atoms with Gasteiger partial charge >= 0.3 is 0 Å². The Kier molecular flexibility index (Phi) is 5.05. The zero-order valence-corrected chi connectivity index (χ0v) is 10.5. The number of halogens is 1.